The quantitative estimate of drug-likeness (QED) is 0.170. The summed E-state index contributed by atoms with van der Waals surface area (Å²) in [5.74, 6) is 0. The van der Waals surface area contributed by atoms with Crippen molar-refractivity contribution in [3.63, 3.8) is 0 Å². The molecule has 0 fully saturated rings. The Morgan fingerprint density at radius 1 is 0.266 bits per heavy atom. The predicted molar refractivity (Wildman–Crippen MR) is 267 cm³/mol. The first kappa shape index (κ1) is 35.0. The fourth-order valence-electron chi connectivity index (χ4n) is 10.5. The normalized spacial score (nSPS) is 12.1. The van der Waals surface area contributed by atoms with Gasteiger partial charge in [-0.1, -0.05) is 103 Å². The highest BCUT2D eigenvalue weighted by molar-refractivity contribution is 6.16. The van der Waals surface area contributed by atoms with Gasteiger partial charge < -0.3 is 13.7 Å². The van der Waals surface area contributed by atoms with E-state index in [2.05, 4.69) is 237 Å². The van der Waals surface area contributed by atoms with Crippen LogP contribution < -0.4 is 0 Å². The summed E-state index contributed by atoms with van der Waals surface area (Å²) in [5, 5.41) is 7.33. The van der Waals surface area contributed by atoms with Gasteiger partial charge in [-0.3, -0.25) is 4.40 Å². The highest BCUT2D eigenvalue weighted by Crippen LogP contribution is 2.41. The first-order valence-corrected chi connectivity index (χ1v) is 21.9. The summed E-state index contributed by atoms with van der Waals surface area (Å²) in [6.45, 7) is 0. The molecule has 0 N–H and O–H groups in total. The first-order valence-electron chi connectivity index (χ1n) is 21.9. The summed E-state index contributed by atoms with van der Waals surface area (Å²) in [4.78, 5) is 5.05. The maximum absolute atomic E-state index is 5.05. The van der Waals surface area contributed by atoms with Crippen molar-refractivity contribution in [1.82, 2.24) is 23.1 Å². The SMILES string of the molecule is c1ccc(-n2c3ccccc3c3cc(-c4ccc5c(c4)c4cc(-c6ccc7c(c6)c6cc8nc9ccccn9c8cc6n7-c6ccccc6)ccc4n5-c4ccccc4)ccc32)cc1. The van der Waals surface area contributed by atoms with E-state index in [0.717, 1.165) is 39.3 Å². The molecule has 5 heteroatoms. The van der Waals surface area contributed by atoms with Gasteiger partial charge in [-0.15, -0.1) is 0 Å². The number of rotatable bonds is 5. The number of hydrogen-bond acceptors (Lipinski definition) is 1. The van der Waals surface area contributed by atoms with E-state index < -0.39 is 0 Å². The second-order valence-electron chi connectivity index (χ2n) is 16.9. The molecule has 0 aliphatic carbocycles. The molecule has 0 aliphatic rings. The third kappa shape index (κ3) is 5.09. The Hall–Kier alpha value is -8.67. The lowest BCUT2D eigenvalue weighted by Gasteiger charge is -2.09. The molecular formula is C59H37N5. The van der Waals surface area contributed by atoms with Crippen LogP contribution in [0.1, 0.15) is 0 Å². The van der Waals surface area contributed by atoms with Crippen LogP contribution in [-0.2, 0) is 0 Å². The molecule has 0 unspecified atom stereocenters. The summed E-state index contributed by atoms with van der Waals surface area (Å²) < 4.78 is 9.36. The first-order chi connectivity index (χ1) is 31.7. The third-order valence-electron chi connectivity index (χ3n) is 13.3. The highest BCUT2D eigenvalue weighted by Gasteiger charge is 2.19. The summed E-state index contributed by atoms with van der Waals surface area (Å²) in [7, 11) is 0. The monoisotopic (exact) mass is 815 g/mol. The second kappa shape index (κ2) is 13.4. The van der Waals surface area contributed by atoms with Gasteiger partial charge in [0.1, 0.15) is 5.65 Å². The number of benzene rings is 9. The van der Waals surface area contributed by atoms with Crippen molar-refractivity contribution in [3.8, 4) is 39.3 Å². The van der Waals surface area contributed by atoms with Crippen LogP contribution >= 0.6 is 0 Å². The van der Waals surface area contributed by atoms with E-state index in [0.29, 0.717) is 0 Å². The summed E-state index contributed by atoms with van der Waals surface area (Å²) >= 11 is 0. The van der Waals surface area contributed by atoms with Crippen molar-refractivity contribution in [2.75, 3.05) is 0 Å². The van der Waals surface area contributed by atoms with Gasteiger partial charge in [0.05, 0.1) is 44.1 Å². The maximum atomic E-state index is 5.05. The fraction of sp³-hybridized carbons (Fsp3) is 0. The van der Waals surface area contributed by atoms with Crippen LogP contribution in [0.2, 0.25) is 0 Å². The van der Waals surface area contributed by atoms with Crippen molar-refractivity contribution in [2.45, 2.75) is 0 Å². The molecular weight excluding hydrogens is 779 g/mol. The lowest BCUT2D eigenvalue weighted by atomic mass is 9.98. The molecule has 0 atom stereocenters. The molecule has 5 heterocycles. The van der Waals surface area contributed by atoms with E-state index in [1.165, 1.54) is 82.2 Å². The van der Waals surface area contributed by atoms with Crippen molar-refractivity contribution < 1.29 is 0 Å². The molecule has 0 amide bonds. The van der Waals surface area contributed by atoms with Gasteiger partial charge in [0, 0.05) is 55.6 Å². The molecule has 0 spiro atoms. The van der Waals surface area contributed by atoms with Gasteiger partial charge in [0.2, 0.25) is 0 Å². The van der Waals surface area contributed by atoms with Gasteiger partial charge in [0.15, 0.2) is 0 Å². The van der Waals surface area contributed by atoms with Crippen molar-refractivity contribution in [3.05, 3.63) is 225 Å². The Morgan fingerprint density at radius 2 is 0.656 bits per heavy atom. The number of imidazole rings is 1. The summed E-state index contributed by atoms with van der Waals surface area (Å²) in [6.07, 6.45) is 2.10. The molecule has 0 saturated heterocycles. The van der Waals surface area contributed by atoms with Gasteiger partial charge in [-0.05, 0) is 138 Å². The van der Waals surface area contributed by atoms with Crippen LogP contribution in [0.5, 0.6) is 0 Å². The number of nitrogens with zero attached hydrogens (tertiary/aromatic N) is 5. The van der Waals surface area contributed by atoms with E-state index in [1.807, 2.05) is 6.07 Å². The Balaban J connectivity index is 0.969. The van der Waals surface area contributed by atoms with Crippen molar-refractivity contribution in [1.29, 1.82) is 0 Å². The largest absolute Gasteiger partial charge is 0.309 e. The van der Waals surface area contributed by atoms with Crippen LogP contribution in [-0.4, -0.2) is 23.1 Å². The molecule has 0 bridgehead atoms. The van der Waals surface area contributed by atoms with Gasteiger partial charge in [0.25, 0.3) is 0 Å². The molecule has 0 aliphatic heterocycles. The van der Waals surface area contributed by atoms with Gasteiger partial charge in [-0.25, -0.2) is 4.98 Å². The minimum absolute atomic E-state index is 0.948. The standard InChI is InChI=1S/C59H37N5/c1-4-14-42(15-5-1)62-52-21-11-10-20-45(52)46-32-38(23-27-53(46)62)39-24-28-54-47(33-39)48-34-40(25-29-55(48)63(54)43-16-6-2-7-17-43)41-26-30-56-49(35-41)50-36-51-58(61-31-13-12-22-59(61)60-51)37-57(50)64(56)44-18-8-3-9-19-44/h1-37H. The van der Waals surface area contributed by atoms with Crippen LogP contribution in [0.3, 0.4) is 0 Å². The Kier molecular flexibility index (Phi) is 7.33. The maximum Gasteiger partial charge on any atom is 0.137 e. The molecule has 14 rings (SSSR count). The summed E-state index contributed by atoms with van der Waals surface area (Å²) in [6, 6.07) is 79.5. The van der Waals surface area contributed by atoms with E-state index in [9.17, 15) is 0 Å². The fourth-order valence-corrected chi connectivity index (χ4v) is 10.5. The number of hydrogen-bond donors (Lipinski definition) is 0. The van der Waals surface area contributed by atoms with Crippen LogP contribution in [0.25, 0.3) is 121 Å². The zero-order valence-corrected chi connectivity index (χ0v) is 34.6. The van der Waals surface area contributed by atoms with E-state index in [-0.39, 0.29) is 0 Å². The van der Waals surface area contributed by atoms with E-state index in [1.54, 1.807) is 0 Å². The Morgan fingerprint density at radius 3 is 1.16 bits per heavy atom. The lowest BCUT2D eigenvalue weighted by molar-refractivity contribution is 1.18. The highest BCUT2D eigenvalue weighted by atomic mass is 15.0. The molecule has 64 heavy (non-hydrogen) atoms. The minimum Gasteiger partial charge on any atom is -0.309 e. The van der Waals surface area contributed by atoms with E-state index in [4.69, 9.17) is 4.98 Å². The smallest absolute Gasteiger partial charge is 0.137 e. The topological polar surface area (TPSA) is 32.1 Å². The zero-order valence-electron chi connectivity index (χ0n) is 34.6. The molecule has 298 valence electrons. The number of para-hydroxylation sites is 4. The number of pyridine rings is 1. The minimum atomic E-state index is 0.948. The molecule has 14 aromatic rings. The lowest BCUT2D eigenvalue weighted by Crippen LogP contribution is -1.93. The molecule has 0 saturated carbocycles. The Labute approximate surface area is 367 Å². The van der Waals surface area contributed by atoms with Gasteiger partial charge >= 0.3 is 0 Å². The predicted octanol–water partition coefficient (Wildman–Crippen LogP) is 15.1. The van der Waals surface area contributed by atoms with Crippen molar-refractivity contribution in [2.24, 2.45) is 0 Å². The van der Waals surface area contributed by atoms with Crippen LogP contribution in [0.15, 0.2) is 225 Å². The average molecular weight is 816 g/mol. The summed E-state index contributed by atoms with van der Waals surface area (Å²) in [5.41, 5.74) is 18.3. The number of fused-ring (bicyclic) bond motifs is 12. The molecule has 5 nitrogen and oxygen atoms in total. The van der Waals surface area contributed by atoms with Gasteiger partial charge in [-0.2, -0.15) is 0 Å². The molecule has 9 aromatic carbocycles. The zero-order chi connectivity index (χ0) is 41.9. The Bertz CT molecular complexity index is 4170. The number of aromatic nitrogens is 5. The van der Waals surface area contributed by atoms with E-state index >= 15 is 0 Å². The average Bonchev–Trinajstić information content (AvgIpc) is 4.09. The second-order valence-corrected chi connectivity index (χ2v) is 16.9. The van der Waals surface area contributed by atoms with Crippen molar-refractivity contribution >= 4 is 82.1 Å². The van der Waals surface area contributed by atoms with Crippen LogP contribution in [0, 0.1) is 0 Å². The molecule has 0 radical (unpaired) electrons. The molecule has 5 aromatic heterocycles. The van der Waals surface area contributed by atoms with Crippen LogP contribution in [0.4, 0.5) is 0 Å². The third-order valence-corrected chi connectivity index (χ3v) is 13.3.